The van der Waals surface area contributed by atoms with E-state index in [0.29, 0.717) is 0 Å². The van der Waals surface area contributed by atoms with Gasteiger partial charge >= 0.3 is 0 Å². The molecule has 0 saturated carbocycles. The molecule has 4 nitrogen and oxygen atoms in total. The van der Waals surface area contributed by atoms with Gasteiger partial charge in [0.2, 0.25) is 0 Å². The van der Waals surface area contributed by atoms with Gasteiger partial charge in [0.25, 0.3) is 0 Å². The zero-order chi connectivity index (χ0) is 48.3. The second kappa shape index (κ2) is 27.9. The van der Waals surface area contributed by atoms with Crippen LogP contribution in [0.3, 0.4) is 0 Å². The third-order valence-electron chi connectivity index (χ3n) is 14.0. The van der Waals surface area contributed by atoms with Gasteiger partial charge in [-0.2, -0.15) is 0 Å². The number of thiophene rings is 4. The Hall–Kier alpha value is -3.82. The van der Waals surface area contributed by atoms with Crippen LogP contribution < -0.4 is 18.9 Å². The summed E-state index contributed by atoms with van der Waals surface area (Å²) in [7, 11) is 0. The minimum absolute atomic E-state index is 0.720. The van der Waals surface area contributed by atoms with Crippen molar-refractivity contribution in [2.24, 2.45) is 0 Å². The normalized spacial score (nSPS) is 12.1. The van der Waals surface area contributed by atoms with Crippen LogP contribution in [-0.4, -0.2) is 26.4 Å². The number of hydrogen-bond acceptors (Lipinski definition) is 8. The van der Waals surface area contributed by atoms with Crippen LogP contribution in [0.5, 0.6) is 23.0 Å². The molecule has 8 rings (SSSR count). The molecule has 0 saturated heterocycles. The van der Waals surface area contributed by atoms with Gasteiger partial charge in [0.15, 0.2) is 23.0 Å². The summed E-state index contributed by atoms with van der Waals surface area (Å²) in [5.74, 6) is 3.56. The van der Waals surface area contributed by atoms with Crippen molar-refractivity contribution in [3.63, 3.8) is 0 Å². The summed E-state index contributed by atoms with van der Waals surface area (Å²) in [4.78, 5) is 2.52. The van der Waals surface area contributed by atoms with Gasteiger partial charge in [0.05, 0.1) is 26.4 Å². The van der Waals surface area contributed by atoms with E-state index >= 15 is 0 Å². The maximum Gasteiger partial charge on any atom is 0.161 e. The Morgan fingerprint density at radius 3 is 0.900 bits per heavy atom. The minimum atomic E-state index is 0.720. The Bertz CT molecular complexity index is 2680. The smallest absolute Gasteiger partial charge is 0.161 e. The van der Waals surface area contributed by atoms with Gasteiger partial charge in [-0.3, -0.25) is 0 Å². The quantitative estimate of drug-likeness (QED) is 0.0377. The largest absolute Gasteiger partial charge is 0.490 e. The predicted octanol–water partition coefficient (Wildman–Crippen LogP) is 22.0. The van der Waals surface area contributed by atoms with Crippen LogP contribution in [-0.2, 0) is 0 Å². The van der Waals surface area contributed by atoms with Crippen molar-refractivity contribution in [1.82, 2.24) is 0 Å². The molecular weight excluding hydrogens is 937 g/mol. The van der Waals surface area contributed by atoms with Crippen LogP contribution in [0.15, 0.2) is 59.3 Å². The van der Waals surface area contributed by atoms with E-state index in [0.717, 1.165) is 75.1 Å². The van der Waals surface area contributed by atoms with Gasteiger partial charge in [-0.05, 0) is 97.1 Å². The highest BCUT2D eigenvalue weighted by molar-refractivity contribution is 7.23. The lowest BCUT2D eigenvalue weighted by atomic mass is 10.0. The summed E-state index contributed by atoms with van der Waals surface area (Å²) in [5, 5.41) is 14.8. The standard InChI is InChI=1S/C62H80O4S4/c1-5-9-13-17-21-25-33-63-55-41-51-53(43-57(55)65-35-27-23-19-15-11-7-3)61-49(47-31-37-67-59(47)51)39-45(69-61)29-30-46-40-50-48-32-38-68-60(48)52-42-56(64-34-26-22-18-14-10-6-2)58(44-54(52)62(50)70-46)66-36-28-24-20-16-12-8-4/h29-32,37-44H,5-28,33-36H2,1-4H3/b30-29+. The van der Waals surface area contributed by atoms with Crippen molar-refractivity contribution < 1.29 is 18.9 Å². The molecule has 376 valence electrons. The SMILES string of the molecule is CCCCCCCCOc1cc2c(cc1OCCCCCCCC)c1sc(/C=C/c3cc4c5ccsc5c5cc(OCCCCCCCC)c(OCCCCCCCC)cc5c4s3)cc1c1ccsc12. The van der Waals surface area contributed by atoms with Gasteiger partial charge in [-0.15, -0.1) is 45.3 Å². The van der Waals surface area contributed by atoms with Crippen LogP contribution in [0.25, 0.3) is 74.0 Å². The predicted molar refractivity (Wildman–Crippen MR) is 314 cm³/mol. The van der Waals surface area contributed by atoms with Gasteiger partial charge in [-0.1, -0.05) is 156 Å². The molecule has 0 aliphatic rings. The molecule has 8 aromatic rings. The third-order valence-corrected chi connectivity index (χ3v) is 18.2. The highest BCUT2D eigenvalue weighted by Crippen LogP contribution is 2.48. The average molecular weight is 1020 g/mol. The van der Waals surface area contributed by atoms with Crippen LogP contribution >= 0.6 is 45.3 Å². The van der Waals surface area contributed by atoms with Crippen LogP contribution in [0, 0.1) is 0 Å². The summed E-state index contributed by atoms with van der Waals surface area (Å²) < 4.78 is 31.8. The Labute approximate surface area is 435 Å². The third kappa shape index (κ3) is 13.6. The molecule has 0 aliphatic carbocycles. The molecule has 4 aromatic heterocycles. The first-order chi connectivity index (χ1) is 34.6. The molecule has 0 amide bonds. The van der Waals surface area contributed by atoms with E-state index in [4.69, 9.17) is 18.9 Å². The molecule has 0 spiro atoms. The highest BCUT2D eigenvalue weighted by atomic mass is 32.1. The van der Waals surface area contributed by atoms with Gasteiger partial charge in [0.1, 0.15) is 0 Å². The second-order valence-corrected chi connectivity index (χ2v) is 23.6. The lowest BCUT2D eigenvalue weighted by Crippen LogP contribution is -2.03. The zero-order valence-corrected chi connectivity index (χ0v) is 46.3. The summed E-state index contributed by atoms with van der Waals surface area (Å²) in [5.41, 5.74) is 0. The van der Waals surface area contributed by atoms with E-state index in [9.17, 15) is 0 Å². The van der Waals surface area contributed by atoms with Crippen molar-refractivity contribution in [2.45, 2.75) is 182 Å². The minimum Gasteiger partial charge on any atom is -0.490 e. The van der Waals surface area contributed by atoms with Crippen LogP contribution in [0.1, 0.15) is 192 Å². The van der Waals surface area contributed by atoms with Crippen molar-refractivity contribution in [2.75, 3.05) is 26.4 Å². The number of fused-ring (bicyclic) bond motifs is 12. The molecule has 8 heteroatoms. The second-order valence-electron chi connectivity index (χ2n) is 19.6. The topological polar surface area (TPSA) is 36.9 Å². The fraction of sp³-hybridized carbons (Fsp3) is 0.516. The molecule has 4 heterocycles. The summed E-state index contributed by atoms with van der Waals surface area (Å²) in [6, 6.07) is 18.6. The van der Waals surface area contributed by atoms with Crippen molar-refractivity contribution in [1.29, 1.82) is 0 Å². The molecule has 0 unspecified atom stereocenters. The number of rotatable bonds is 34. The molecular formula is C62H80O4S4. The van der Waals surface area contributed by atoms with E-state index in [1.807, 2.05) is 45.3 Å². The first-order valence-electron chi connectivity index (χ1n) is 27.6. The fourth-order valence-electron chi connectivity index (χ4n) is 9.99. The Morgan fingerprint density at radius 1 is 0.314 bits per heavy atom. The Morgan fingerprint density at radius 2 is 0.586 bits per heavy atom. The lowest BCUT2D eigenvalue weighted by molar-refractivity contribution is 0.259. The maximum absolute atomic E-state index is 6.65. The molecule has 0 N–H and O–H groups in total. The van der Waals surface area contributed by atoms with E-state index in [1.54, 1.807) is 0 Å². The van der Waals surface area contributed by atoms with Crippen molar-refractivity contribution in [3.05, 3.63) is 69.0 Å². The summed E-state index contributed by atoms with van der Waals surface area (Å²) in [6.07, 6.45) is 34.5. The maximum atomic E-state index is 6.65. The summed E-state index contributed by atoms with van der Waals surface area (Å²) >= 11 is 7.45. The average Bonchev–Trinajstić information content (AvgIpc) is 4.22. The lowest BCUT2D eigenvalue weighted by Gasteiger charge is -2.15. The number of benzene rings is 4. The number of ether oxygens (including phenoxy) is 4. The van der Waals surface area contributed by atoms with Crippen LogP contribution in [0.2, 0.25) is 0 Å². The van der Waals surface area contributed by atoms with Crippen molar-refractivity contribution >= 4 is 119 Å². The van der Waals surface area contributed by atoms with Gasteiger partial charge in [-0.25, -0.2) is 0 Å². The van der Waals surface area contributed by atoms with E-state index < -0.39 is 0 Å². The van der Waals surface area contributed by atoms with E-state index in [-0.39, 0.29) is 0 Å². The zero-order valence-electron chi connectivity index (χ0n) is 43.0. The number of hydrogen-bond donors (Lipinski definition) is 0. The highest BCUT2D eigenvalue weighted by Gasteiger charge is 2.20. The van der Waals surface area contributed by atoms with Gasteiger partial charge in [0, 0.05) is 71.6 Å². The molecule has 0 fully saturated rings. The molecule has 0 atom stereocenters. The molecule has 0 bridgehead atoms. The van der Waals surface area contributed by atoms with E-state index in [2.05, 4.69) is 99.1 Å². The Kier molecular flexibility index (Phi) is 20.9. The van der Waals surface area contributed by atoms with Crippen LogP contribution in [0.4, 0.5) is 0 Å². The first-order valence-corrected chi connectivity index (χ1v) is 31.0. The number of unbranched alkanes of at least 4 members (excludes halogenated alkanes) is 20. The molecule has 0 aliphatic heterocycles. The monoisotopic (exact) mass is 1020 g/mol. The fourth-order valence-corrected chi connectivity index (χ4v) is 14.1. The Balaban J connectivity index is 1.08. The molecule has 70 heavy (non-hydrogen) atoms. The molecule has 4 aromatic carbocycles. The summed E-state index contributed by atoms with van der Waals surface area (Å²) in [6.45, 7) is 12.0. The van der Waals surface area contributed by atoms with Gasteiger partial charge < -0.3 is 18.9 Å². The van der Waals surface area contributed by atoms with Crippen molar-refractivity contribution in [3.8, 4) is 23.0 Å². The molecule has 0 radical (unpaired) electrons. The van der Waals surface area contributed by atoms with E-state index in [1.165, 1.54) is 200 Å². The first kappa shape index (κ1) is 52.5.